The summed E-state index contributed by atoms with van der Waals surface area (Å²) in [5.41, 5.74) is 4.92. The van der Waals surface area contributed by atoms with E-state index in [1.807, 2.05) is 29.8 Å². The molecule has 0 aliphatic heterocycles. The minimum absolute atomic E-state index is 0.297. The number of aromatic carboxylic acids is 1. The molecule has 0 fully saturated rings. The fraction of sp³-hybridized carbons (Fsp3) is 0. The molecule has 3 nitrogen and oxygen atoms in total. The van der Waals surface area contributed by atoms with Gasteiger partial charge in [0.15, 0.2) is 0 Å². The number of carbonyl (C=O) groups is 1. The predicted molar refractivity (Wildman–Crippen MR) is 72.0 cm³/mol. The van der Waals surface area contributed by atoms with E-state index in [1.54, 1.807) is 29.5 Å². The van der Waals surface area contributed by atoms with Crippen molar-refractivity contribution < 1.29 is 9.90 Å². The van der Waals surface area contributed by atoms with E-state index < -0.39 is 5.97 Å². The zero-order valence-electron chi connectivity index (χ0n) is 9.33. The van der Waals surface area contributed by atoms with Crippen molar-refractivity contribution in [1.82, 2.24) is 4.98 Å². The third-order valence-corrected chi connectivity index (χ3v) is 3.58. The van der Waals surface area contributed by atoms with Gasteiger partial charge < -0.3 is 5.11 Å². The number of carboxylic acids is 1. The highest BCUT2D eigenvalue weighted by molar-refractivity contribution is 7.16. The zero-order valence-corrected chi connectivity index (χ0v) is 10.1. The van der Waals surface area contributed by atoms with E-state index in [0.29, 0.717) is 5.56 Å². The number of thiazole rings is 1. The van der Waals surface area contributed by atoms with E-state index in [-0.39, 0.29) is 0 Å². The molecule has 4 heteroatoms. The minimum atomic E-state index is -0.911. The average molecular weight is 255 g/mol. The number of fused-ring (bicyclic) bond motifs is 1. The number of hydrogen-bond acceptors (Lipinski definition) is 3. The second kappa shape index (κ2) is 4.23. The third kappa shape index (κ3) is 1.87. The number of aromatic nitrogens is 1. The molecule has 0 aliphatic rings. The first-order valence-corrected chi connectivity index (χ1v) is 6.29. The van der Waals surface area contributed by atoms with Crippen LogP contribution in [0.5, 0.6) is 0 Å². The Hall–Kier alpha value is -2.20. The molecule has 0 unspecified atom stereocenters. The van der Waals surface area contributed by atoms with Gasteiger partial charge in [-0.3, -0.25) is 0 Å². The molecule has 3 aromatic rings. The number of carboxylic acid groups (broad SMARTS) is 1. The highest BCUT2D eigenvalue weighted by Gasteiger charge is 2.06. The first kappa shape index (κ1) is 10.9. The zero-order chi connectivity index (χ0) is 12.5. The maximum atomic E-state index is 10.9. The van der Waals surface area contributed by atoms with Gasteiger partial charge in [-0.05, 0) is 35.4 Å². The third-order valence-electron chi connectivity index (χ3n) is 2.77. The van der Waals surface area contributed by atoms with Crippen LogP contribution >= 0.6 is 11.3 Å². The molecule has 0 amide bonds. The highest BCUT2D eigenvalue weighted by Crippen LogP contribution is 2.26. The SMILES string of the molecule is O=C(O)c1cccc(-c2ccc3scnc3c2)c1. The van der Waals surface area contributed by atoms with Crippen LogP contribution in [0.25, 0.3) is 21.3 Å². The van der Waals surface area contributed by atoms with E-state index in [4.69, 9.17) is 5.11 Å². The molecule has 0 bridgehead atoms. The second-order valence-electron chi connectivity index (χ2n) is 3.92. The Kier molecular flexibility index (Phi) is 2.57. The lowest BCUT2D eigenvalue weighted by Crippen LogP contribution is -1.95. The van der Waals surface area contributed by atoms with Gasteiger partial charge in [-0.25, -0.2) is 9.78 Å². The molecule has 1 N–H and O–H groups in total. The maximum Gasteiger partial charge on any atom is 0.335 e. The highest BCUT2D eigenvalue weighted by atomic mass is 32.1. The Balaban J connectivity index is 2.13. The smallest absolute Gasteiger partial charge is 0.335 e. The number of nitrogens with zero attached hydrogens (tertiary/aromatic N) is 1. The van der Waals surface area contributed by atoms with Crippen LogP contribution in [0.1, 0.15) is 10.4 Å². The molecule has 3 rings (SSSR count). The average Bonchev–Trinajstić information content (AvgIpc) is 2.86. The number of hydrogen-bond donors (Lipinski definition) is 1. The number of benzene rings is 2. The number of rotatable bonds is 2. The lowest BCUT2D eigenvalue weighted by molar-refractivity contribution is 0.0697. The molecular weight excluding hydrogens is 246 g/mol. The fourth-order valence-corrected chi connectivity index (χ4v) is 2.53. The summed E-state index contributed by atoms with van der Waals surface area (Å²) in [6.45, 7) is 0. The molecule has 0 radical (unpaired) electrons. The Morgan fingerprint density at radius 2 is 1.94 bits per heavy atom. The molecule has 0 spiro atoms. The van der Waals surface area contributed by atoms with Crippen molar-refractivity contribution in [3.05, 3.63) is 53.5 Å². The summed E-state index contributed by atoms with van der Waals surface area (Å²) < 4.78 is 1.13. The van der Waals surface area contributed by atoms with E-state index in [2.05, 4.69) is 4.98 Å². The molecule has 0 saturated heterocycles. The Labute approximate surface area is 107 Å². The van der Waals surface area contributed by atoms with Gasteiger partial charge in [0.25, 0.3) is 0 Å². The van der Waals surface area contributed by atoms with Gasteiger partial charge in [0.1, 0.15) is 0 Å². The van der Waals surface area contributed by atoms with Crippen LogP contribution in [0, 0.1) is 0 Å². The lowest BCUT2D eigenvalue weighted by atomic mass is 10.0. The molecule has 0 aliphatic carbocycles. The van der Waals surface area contributed by atoms with Gasteiger partial charge in [0.2, 0.25) is 0 Å². The van der Waals surface area contributed by atoms with E-state index in [9.17, 15) is 4.79 Å². The van der Waals surface area contributed by atoms with E-state index in [0.717, 1.165) is 21.3 Å². The van der Waals surface area contributed by atoms with Crippen molar-refractivity contribution in [2.75, 3.05) is 0 Å². The molecule has 2 aromatic carbocycles. The maximum absolute atomic E-state index is 10.9. The summed E-state index contributed by atoms with van der Waals surface area (Å²) in [5.74, 6) is -0.911. The van der Waals surface area contributed by atoms with Gasteiger partial charge in [0.05, 0.1) is 21.3 Å². The van der Waals surface area contributed by atoms with Crippen LogP contribution in [0.4, 0.5) is 0 Å². The summed E-state index contributed by atoms with van der Waals surface area (Å²) in [6.07, 6.45) is 0. The van der Waals surface area contributed by atoms with Crippen LogP contribution in [0.15, 0.2) is 48.0 Å². The Bertz CT molecular complexity index is 733. The van der Waals surface area contributed by atoms with E-state index in [1.165, 1.54) is 0 Å². The van der Waals surface area contributed by atoms with Crippen molar-refractivity contribution in [3.8, 4) is 11.1 Å². The standard InChI is InChI=1S/C14H9NO2S/c16-14(17)11-3-1-2-9(6-11)10-4-5-13-12(7-10)15-8-18-13/h1-8H,(H,16,17). The lowest BCUT2D eigenvalue weighted by Gasteiger charge is -2.03. The molecule has 0 atom stereocenters. The minimum Gasteiger partial charge on any atom is -0.478 e. The van der Waals surface area contributed by atoms with Crippen molar-refractivity contribution in [2.24, 2.45) is 0 Å². The predicted octanol–water partition coefficient (Wildman–Crippen LogP) is 3.66. The monoisotopic (exact) mass is 255 g/mol. The summed E-state index contributed by atoms with van der Waals surface area (Å²) in [7, 11) is 0. The van der Waals surface area contributed by atoms with Crippen LogP contribution in [0.3, 0.4) is 0 Å². The van der Waals surface area contributed by atoms with Crippen molar-refractivity contribution in [2.45, 2.75) is 0 Å². The van der Waals surface area contributed by atoms with Crippen LogP contribution in [-0.2, 0) is 0 Å². The van der Waals surface area contributed by atoms with Crippen molar-refractivity contribution in [3.63, 3.8) is 0 Å². The first-order chi connectivity index (χ1) is 8.74. The van der Waals surface area contributed by atoms with Gasteiger partial charge in [0, 0.05) is 0 Å². The largest absolute Gasteiger partial charge is 0.478 e. The Morgan fingerprint density at radius 1 is 1.11 bits per heavy atom. The molecule has 1 heterocycles. The van der Waals surface area contributed by atoms with Crippen LogP contribution < -0.4 is 0 Å². The van der Waals surface area contributed by atoms with Gasteiger partial charge in [-0.2, -0.15) is 0 Å². The molecule has 18 heavy (non-hydrogen) atoms. The molecule has 1 aromatic heterocycles. The van der Waals surface area contributed by atoms with Crippen LogP contribution in [-0.4, -0.2) is 16.1 Å². The van der Waals surface area contributed by atoms with Crippen molar-refractivity contribution >= 4 is 27.5 Å². The van der Waals surface area contributed by atoms with Crippen LogP contribution in [0.2, 0.25) is 0 Å². The normalized spacial score (nSPS) is 10.7. The topological polar surface area (TPSA) is 50.2 Å². The summed E-state index contributed by atoms with van der Waals surface area (Å²) >= 11 is 1.59. The molecule has 88 valence electrons. The first-order valence-electron chi connectivity index (χ1n) is 5.41. The molecule has 0 saturated carbocycles. The Morgan fingerprint density at radius 3 is 2.78 bits per heavy atom. The quantitative estimate of drug-likeness (QED) is 0.760. The van der Waals surface area contributed by atoms with E-state index >= 15 is 0 Å². The van der Waals surface area contributed by atoms with Gasteiger partial charge in [-0.1, -0.05) is 18.2 Å². The second-order valence-corrected chi connectivity index (χ2v) is 4.81. The summed E-state index contributed by atoms with van der Waals surface area (Å²) in [5, 5.41) is 8.98. The van der Waals surface area contributed by atoms with Gasteiger partial charge >= 0.3 is 5.97 Å². The molecular formula is C14H9NO2S. The fourth-order valence-electron chi connectivity index (χ4n) is 1.87. The van der Waals surface area contributed by atoms with Gasteiger partial charge in [-0.15, -0.1) is 11.3 Å². The summed E-state index contributed by atoms with van der Waals surface area (Å²) in [4.78, 5) is 15.2. The summed E-state index contributed by atoms with van der Waals surface area (Å²) in [6, 6.07) is 12.9. The van der Waals surface area contributed by atoms with Crippen molar-refractivity contribution in [1.29, 1.82) is 0 Å².